The summed E-state index contributed by atoms with van der Waals surface area (Å²) in [6.07, 6.45) is 6.75. The van der Waals surface area contributed by atoms with Gasteiger partial charge in [-0.05, 0) is 18.6 Å². The smallest absolute Gasteiger partial charge is 0.342 e. The van der Waals surface area contributed by atoms with Gasteiger partial charge in [-0.2, -0.15) is 0 Å². The Morgan fingerprint density at radius 2 is 2.14 bits per heavy atom. The average Bonchev–Trinajstić information content (AvgIpc) is 3.39. The zero-order chi connectivity index (χ0) is 21.0. The van der Waals surface area contributed by atoms with E-state index in [-0.39, 0.29) is 41.4 Å². The van der Waals surface area contributed by atoms with Gasteiger partial charge in [-0.25, -0.2) is 9.18 Å². The van der Waals surface area contributed by atoms with E-state index in [9.17, 15) is 19.4 Å². The molecule has 3 atom stereocenters. The Kier molecular flexibility index (Phi) is 6.76. The van der Waals surface area contributed by atoms with Crippen molar-refractivity contribution in [2.45, 2.75) is 38.1 Å². The highest BCUT2D eigenvalue weighted by atomic mass is 35.5. The second kappa shape index (κ2) is 9.28. The number of allylic oxidation sites excluding steroid dienone is 3. The van der Waals surface area contributed by atoms with Crippen LogP contribution in [0.1, 0.15) is 29.3 Å². The van der Waals surface area contributed by atoms with Gasteiger partial charge in [0.05, 0.1) is 16.8 Å². The fourth-order valence-corrected chi connectivity index (χ4v) is 3.23. The molecule has 2 aliphatic rings. The third-order valence-corrected chi connectivity index (χ3v) is 4.85. The van der Waals surface area contributed by atoms with Crippen molar-refractivity contribution in [2.24, 2.45) is 5.16 Å². The van der Waals surface area contributed by atoms with E-state index < -0.39 is 30.2 Å². The van der Waals surface area contributed by atoms with Crippen molar-refractivity contribution in [3.05, 3.63) is 46.5 Å². The molecule has 0 aliphatic carbocycles. The van der Waals surface area contributed by atoms with Gasteiger partial charge >= 0.3 is 5.97 Å². The molecule has 0 bridgehead atoms. The maximum atomic E-state index is 12.7. The first-order chi connectivity index (χ1) is 13.9. The molecule has 3 rings (SSSR count). The number of rotatable bonds is 3. The number of aromatic hydroxyl groups is 2. The Morgan fingerprint density at radius 3 is 2.90 bits per heavy atom. The summed E-state index contributed by atoms with van der Waals surface area (Å²) in [5.41, 5.74) is 0.240. The molecule has 0 amide bonds. The van der Waals surface area contributed by atoms with Crippen molar-refractivity contribution in [2.75, 3.05) is 13.3 Å². The summed E-state index contributed by atoms with van der Waals surface area (Å²) >= 11 is 6.21. The number of esters is 1. The van der Waals surface area contributed by atoms with Gasteiger partial charge < -0.3 is 24.5 Å². The Bertz CT molecular complexity index is 869. The molecule has 9 heteroatoms. The lowest BCUT2D eigenvalue weighted by Gasteiger charge is -2.17. The minimum Gasteiger partial charge on any atom is -0.507 e. The van der Waals surface area contributed by atoms with Crippen molar-refractivity contribution in [3.63, 3.8) is 0 Å². The molecule has 1 saturated heterocycles. The Labute approximate surface area is 172 Å². The van der Waals surface area contributed by atoms with Gasteiger partial charge in [-0.15, -0.1) is 0 Å². The predicted octanol–water partition coefficient (Wildman–Crippen LogP) is 3.46. The standard InChI is InChI=1S/C20H21ClFNO6/c1-11-8-17-16(29-17)5-3-2-4-12(23-27-7-6-22)9-13-18(20(26)28-11)14(24)10-15(25)19(13)21/h2-5,10-11,16-17,24-25H,6-9H2,1H3/b4-2+,5-3-,23-12?/t11-,16-,17-/m1/s1. The zero-order valence-electron chi connectivity index (χ0n) is 15.7. The molecule has 1 fully saturated rings. The lowest BCUT2D eigenvalue weighted by molar-refractivity contribution is 0.0306. The molecule has 7 nitrogen and oxygen atoms in total. The summed E-state index contributed by atoms with van der Waals surface area (Å²) in [4.78, 5) is 17.7. The number of fused-ring (bicyclic) bond motifs is 2. The van der Waals surface area contributed by atoms with E-state index in [0.717, 1.165) is 6.07 Å². The van der Waals surface area contributed by atoms with E-state index in [0.29, 0.717) is 12.1 Å². The molecule has 2 N–H and O–H groups in total. The van der Waals surface area contributed by atoms with Crippen molar-refractivity contribution in [1.29, 1.82) is 0 Å². The number of epoxide rings is 1. The molecular weight excluding hydrogens is 405 g/mol. The monoisotopic (exact) mass is 425 g/mol. The average molecular weight is 426 g/mol. The molecule has 1 aromatic carbocycles. The molecule has 29 heavy (non-hydrogen) atoms. The van der Waals surface area contributed by atoms with Crippen molar-refractivity contribution < 1.29 is 33.7 Å². The lowest BCUT2D eigenvalue weighted by Crippen LogP contribution is -2.20. The molecule has 0 unspecified atom stereocenters. The van der Waals surface area contributed by atoms with Crippen LogP contribution in [0.2, 0.25) is 5.02 Å². The number of halogens is 2. The molecule has 1 aromatic rings. The fourth-order valence-electron chi connectivity index (χ4n) is 3.02. The number of hydrogen-bond donors (Lipinski definition) is 2. The molecular formula is C20H21ClFNO6. The van der Waals surface area contributed by atoms with Crippen LogP contribution in [-0.2, 0) is 20.7 Å². The molecule has 0 spiro atoms. The van der Waals surface area contributed by atoms with Gasteiger partial charge in [0.2, 0.25) is 0 Å². The highest BCUT2D eigenvalue weighted by molar-refractivity contribution is 6.33. The highest BCUT2D eigenvalue weighted by Crippen LogP contribution is 2.38. The van der Waals surface area contributed by atoms with E-state index in [2.05, 4.69) is 5.16 Å². The number of cyclic esters (lactones) is 1. The van der Waals surface area contributed by atoms with Gasteiger partial charge in [-0.3, -0.25) is 0 Å². The zero-order valence-corrected chi connectivity index (χ0v) is 16.4. The summed E-state index contributed by atoms with van der Waals surface area (Å²) in [6, 6.07) is 0.977. The summed E-state index contributed by atoms with van der Waals surface area (Å²) in [5, 5.41) is 24.0. The molecule has 2 heterocycles. The maximum absolute atomic E-state index is 12.7. The second-order valence-corrected chi connectivity index (χ2v) is 7.08. The van der Waals surface area contributed by atoms with Crippen molar-refractivity contribution in [1.82, 2.24) is 0 Å². The number of oxime groups is 1. The number of nitrogens with zero attached hydrogens (tertiary/aromatic N) is 1. The third-order valence-electron chi connectivity index (χ3n) is 4.43. The minimum absolute atomic E-state index is 0.0668. The molecule has 156 valence electrons. The van der Waals surface area contributed by atoms with E-state index in [1.165, 1.54) is 0 Å². The van der Waals surface area contributed by atoms with Crippen molar-refractivity contribution >= 4 is 23.3 Å². The second-order valence-electron chi connectivity index (χ2n) is 6.70. The number of carbonyl (C=O) groups excluding carboxylic acids is 1. The largest absolute Gasteiger partial charge is 0.507 e. The van der Waals surface area contributed by atoms with Crippen LogP contribution < -0.4 is 0 Å². The quantitative estimate of drug-likeness (QED) is 0.333. The van der Waals surface area contributed by atoms with Gasteiger partial charge in [0.15, 0.2) is 0 Å². The lowest BCUT2D eigenvalue weighted by atomic mass is 9.99. The number of carbonyl (C=O) groups is 1. The Balaban J connectivity index is 2.03. The molecule has 2 aliphatic heterocycles. The topological polar surface area (TPSA) is 101 Å². The van der Waals surface area contributed by atoms with Crippen molar-refractivity contribution in [3.8, 4) is 11.5 Å². The Hall–Kier alpha value is -2.58. The highest BCUT2D eigenvalue weighted by Gasteiger charge is 2.38. The number of phenolic OH excluding ortho intramolecular Hbond substituents is 2. The molecule has 0 radical (unpaired) electrons. The van der Waals surface area contributed by atoms with Crippen LogP contribution in [0.25, 0.3) is 0 Å². The van der Waals surface area contributed by atoms with Crippen LogP contribution in [0.5, 0.6) is 11.5 Å². The number of hydrogen-bond acceptors (Lipinski definition) is 7. The molecule has 0 saturated carbocycles. The normalized spacial score (nSPS) is 27.9. The van der Waals surface area contributed by atoms with Crippen LogP contribution in [0.15, 0.2) is 35.5 Å². The van der Waals surface area contributed by atoms with E-state index in [1.807, 2.05) is 6.08 Å². The van der Waals surface area contributed by atoms with Crippen LogP contribution in [0, 0.1) is 0 Å². The SMILES string of the molecule is C[C@@H]1C[C@H]2O[C@@H]2/C=C\C=C\C(=NOCCF)Cc2c(Cl)c(O)cc(O)c2C(=O)O1. The van der Waals surface area contributed by atoms with E-state index in [1.54, 1.807) is 25.2 Å². The number of phenols is 2. The summed E-state index contributed by atoms with van der Waals surface area (Å²) < 4.78 is 23.3. The number of alkyl halides is 1. The van der Waals surface area contributed by atoms with Crippen LogP contribution in [0.4, 0.5) is 4.39 Å². The van der Waals surface area contributed by atoms with Gasteiger partial charge in [0.1, 0.15) is 42.6 Å². The first-order valence-electron chi connectivity index (χ1n) is 9.10. The minimum atomic E-state index is -0.787. The number of ether oxygens (including phenoxy) is 2. The number of benzene rings is 1. The van der Waals surface area contributed by atoms with Crippen LogP contribution in [-0.4, -0.2) is 53.5 Å². The summed E-state index contributed by atoms with van der Waals surface area (Å²) in [5.74, 6) is -1.66. The first kappa shape index (κ1) is 21.1. The fraction of sp³-hybridized carbons (Fsp3) is 0.400. The van der Waals surface area contributed by atoms with Crippen LogP contribution >= 0.6 is 11.6 Å². The summed E-state index contributed by atoms with van der Waals surface area (Å²) in [7, 11) is 0. The third kappa shape index (κ3) is 5.27. The van der Waals surface area contributed by atoms with Gasteiger partial charge in [0, 0.05) is 18.9 Å². The van der Waals surface area contributed by atoms with Gasteiger partial charge in [0.25, 0.3) is 0 Å². The first-order valence-corrected chi connectivity index (χ1v) is 9.48. The summed E-state index contributed by atoms with van der Waals surface area (Å²) in [6.45, 7) is 0.767. The van der Waals surface area contributed by atoms with Gasteiger partial charge in [-0.1, -0.05) is 35.0 Å². The predicted molar refractivity (Wildman–Crippen MR) is 104 cm³/mol. The molecule has 0 aromatic heterocycles. The maximum Gasteiger partial charge on any atom is 0.342 e. The van der Waals surface area contributed by atoms with Crippen LogP contribution in [0.3, 0.4) is 0 Å². The Morgan fingerprint density at radius 1 is 1.34 bits per heavy atom. The van der Waals surface area contributed by atoms with E-state index in [4.69, 9.17) is 25.9 Å². The van der Waals surface area contributed by atoms with E-state index >= 15 is 0 Å².